The lowest BCUT2D eigenvalue weighted by Crippen LogP contribution is -2.51. The Labute approximate surface area is 116 Å². The molecule has 0 radical (unpaired) electrons. The molecule has 0 aromatic heterocycles. The van der Waals surface area contributed by atoms with E-state index in [2.05, 4.69) is 28.4 Å². The summed E-state index contributed by atoms with van der Waals surface area (Å²) >= 11 is 0. The molecule has 0 aliphatic carbocycles. The summed E-state index contributed by atoms with van der Waals surface area (Å²) < 4.78 is 0. The van der Waals surface area contributed by atoms with Crippen molar-refractivity contribution in [1.29, 1.82) is 0 Å². The molecule has 1 amide bonds. The third kappa shape index (κ3) is 3.95. The molecule has 2 fully saturated rings. The Bertz CT molecular complexity index is 338. The van der Waals surface area contributed by atoms with E-state index >= 15 is 0 Å². The van der Waals surface area contributed by atoms with Crippen LogP contribution in [0.15, 0.2) is 0 Å². The molecule has 2 saturated heterocycles. The van der Waals surface area contributed by atoms with Crippen LogP contribution < -0.4 is 10.6 Å². The first-order valence-electron chi connectivity index (χ1n) is 7.43. The van der Waals surface area contributed by atoms with E-state index < -0.39 is 0 Å². The summed E-state index contributed by atoms with van der Waals surface area (Å²) in [5, 5.41) is 6.42. The van der Waals surface area contributed by atoms with Gasteiger partial charge in [0.1, 0.15) is 0 Å². The lowest BCUT2D eigenvalue weighted by atomic mass is 9.98. The van der Waals surface area contributed by atoms with E-state index in [0.29, 0.717) is 31.2 Å². The highest BCUT2D eigenvalue weighted by Crippen LogP contribution is 2.29. The molecule has 2 bridgehead atoms. The number of fused-ring (bicyclic) bond motifs is 2. The predicted octanol–water partition coefficient (Wildman–Crippen LogP) is 0.731. The first-order chi connectivity index (χ1) is 9.22. The summed E-state index contributed by atoms with van der Waals surface area (Å²) in [7, 11) is 0. The van der Waals surface area contributed by atoms with Gasteiger partial charge < -0.3 is 10.6 Å². The van der Waals surface area contributed by atoms with E-state index in [1.54, 1.807) is 0 Å². The Morgan fingerprint density at radius 3 is 2.68 bits per heavy atom. The second-order valence-corrected chi connectivity index (χ2v) is 5.71. The van der Waals surface area contributed by atoms with Crippen molar-refractivity contribution in [3.05, 3.63) is 0 Å². The molecule has 2 rings (SSSR count). The van der Waals surface area contributed by atoms with Crippen molar-refractivity contribution in [1.82, 2.24) is 15.5 Å². The van der Waals surface area contributed by atoms with Crippen LogP contribution in [0.5, 0.6) is 0 Å². The van der Waals surface area contributed by atoms with Crippen molar-refractivity contribution >= 4 is 5.91 Å². The number of nitrogens with one attached hydrogen (secondary N) is 2. The fraction of sp³-hybridized carbons (Fsp3) is 0.800. The summed E-state index contributed by atoms with van der Waals surface area (Å²) in [5.74, 6) is 2.50. The molecule has 2 N–H and O–H groups in total. The van der Waals surface area contributed by atoms with Crippen molar-refractivity contribution in [2.75, 3.05) is 19.6 Å². The normalized spacial score (nSPS) is 29.2. The van der Waals surface area contributed by atoms with Crippen LogP contribution in [0.1, 0.15) is 39.0 Å². The first-order valence-corrected chi connectivity index (χ1v) is 7.43. The van der Waals surface area contributed by atoms with E-state index in [0.717, 1.165) is 13.0 Å². The van der Waals surface area contributed by atoms with Crippen LogP contribution in [0.4, 0.5) is 0 Å². The summed E-state index contributed by atoms with van der Waals surface area (Å²) in [4.78, 5) is 14.2. The van der Waals surface area contributed by atoms with Gasteiger partial charge in [0.2, 0.25) is 5.91 Å². The number of rotatable bonds is 6. The Morgan fingerprint density at radius 1 is 1.42 bits per heavy atom. The zero-order valence-electron chi connectivity index (χ0n) is 11.8. The van der Waals surface area contributed by atoms with Gasteiger partial charge in [-0.25, -0.2) is 0 Å². The molecule has 2 aliphatic heterocycles. The van der Waals surface area contributed by atoms with Crippen LogP contribution in [0.2, 0.25) is 0 Å². The average molecular weight is 263 g/mol. The monoisotopic (exact) mass is 263 g/mol. The maximum atomic E-state index is 11.8. The number of nitrogens with zero attached hydrogens (tertiary/aromatic N) is 1. The van der Waals surface area contributed by atoms with Gasteiger partial charge in [0.25, 0.3) is 0 Å². The molecule has 4 heteroatoms. The topological polar surface area (TPSA) is 44.4 Å². The van der Waals surface area contributed by atoms with Crippen molar-refractivity contribution in [3.8, 4) is 12.3 Å². The van der Waals surface area contributed by atoms with Crippen LogP contribution in [0.3, 0.4) is 0 Å². The molecule has 4 nitrogen and oxygen atoms in total. The van der Waals surface area contributed by atoms with Gasteiger partial charge in [0.05, 0.1) is 13.1 Å². The molecule has 2 heterocycles. The molecule has 0 saturated carbocycles. The Hall–Kier alpha value is -1.05. The zero-order valence-corrected chi connectivity index (χ0v) is 11.8. The number of carbonyl (C=O) groups excluding carboxylic acids is 1. The molecular weight excluding hydrogens is 238 g/mol. The van der Waals surface area contributed by atoms with E-state index in [-0.39, 0.29) is 5.91 Å². The fourth-order valence-corrected chi connectivity index (χ4v) is 3.39. The average Bonchev–Trinajstić information content (AvgIpc) is 2.74. The van der Waals surface area contributed by atoms with Crippen LogP contribution in [-0.4, -0.2) is 48.6 Å². The highest BCUT2D eigenvalue weighted by molar-refractivity contribution is 5.78. The third-order valence-electron chi connectivity index (χ3n) is 4.21. The minimum absolute atomic E-state index is 0.0530. The minimum atomic E-state index is 0.0530. The molecule has 0 spiro atoms. The smallest absolute Gasteiger partial charge is 0.234 e. The lowest BCUT2D eigenvalue weighted by molar-refractivity contribution is -0.122. The summed E-state index contributed by atoms with van der Waals surface area (Å²) in [5.41, 5.74) is 0. The van der Waals surface area contributed by atoms with Gasteiger partial charge in [-0.1, -0.05) is 12.8 Å². The van der Waals surface area contributed by atoms with Crippen molar-refractivity contribution in [2.45, 2.75) is 57.2 Å². The molecule has 2 atom stereocenters. The molecule has 2 unspecified atom stereocenters. The molecule has 19 heavy (non-hydrogen) atoms. The third-order valence-corrected chi connectivity index (χ3v) is 4.21. The minimum Gasteiger partial charge on any atom is -0.344 e. The lowest BCUT2D eigenvalue weighted by Gasteiger charge is -2.37. The maximum Gasteiger partial charge on any atom is 0.234 e. The van der Waals surface area contributed by atoms with Crippen LogP contribution in [-0.2, 0) is 4.79 Å². The Morgan fingerprint density at radius 2 is 2.11 bits per heavy atom. The highest BCUT2D eigenvalue weighted by Gasteiger charge is 2.36. The molecule has 0 aromatic rings. The SMILES string of the molecule is C#CCNC(=O)CN(CCC)C1CC2CCC(C1)N2. The summed E-state index contributed by atoms with van der Waals surface area (Å²) in [6.07, 6.45) is 11.2. The zero-order chi connectivity index (χ0) is 13.7. The quantitative estimate of drug-likeness (QED) is 0.695. The number of piperidine rings is 1. The highest BCUT2D eigenvalue weighted by atomic mass is 16.2. The van der Waals surface area contributed by atoms with Crippen LogP contribution in [0, 0.1) is 12.3 Å². The van der Waals surface area contributed by atoms with Gasteiger partial charge in [-0.15, -0.1) is 6.42 Å². The second-order valence-electron chi connectivity index (χ2n) is 5.71. The number of hydrogen-bond acceptors (Lipinski definition) is 3. The van der Waals surface area contributed by atoms with Gasteiger partial charge in [-0.3, -0.25) is 9.69 Å². The maximum absolute atomic E-state index is 11.8. The van der Waals surface area contributed by atoms with Gasteiger partial charge in [0.15, 0.2) is 0 Å². The van der Waals surface area contributed by atoms with E-state index in [4.69, 9.17) is 6.42 Å². The van der Waals surface area contributed by atoms with Crippen molar-refractivity contribution in [3.63, 3.8) is 0 Å². The number of amides is 1. The van der Waals surface area contributed by atoms with E-state index in [1.165, 1.54) is 25.7 Å². The van der Waals surface area contributed by atoms with Gasteiger partial charge in [0, 0.05) is 18.1 Å². The van der Waals surface area contributed by atoms with Crippen molar-refractivity contribution in [2.24, 2.45) is 0 Å². The Balaban J connectivity index is 1.88. The largest absolute Gasteiger partial charge is 0.344 e. The molecule has 106 valence electrons. The van der Waals surface area contributed by atoms with Crippen LogP contribution >= 0.6 is 0 Å². The van der Waals surface area contributed by atoms with Crippen molar-refractivity contribution < 1.29 is 4.79 Å². The van der Waals surface area contributed by atoms with E-state index in [9.17, 15) is 4.79 Å². The Kier molecular flexibility index (Phi) is 5.24. The number of terminal acetylenes is 1. The van der Waals surface area contributed by atoms with Crippen LogP contribution in [0.25, 0.3) is 0 Å². The molecular formula is C15H25N3O. The predicted molar refractivity (Wildman–Crippen MR) is 76.7 cm³/mol. The number of carbonyl (C=O) groups is 1. The fourth-order valence-electron chi connectivity index (χ4n) is 3.39. The summed E-state index contributed by atoms with van der Waals surface area (Å²) in [6.45, 7) is 3.98. The van der Waals surface area contributed by atoms with Gasteiger partial charge in [-0.2, -0.15) is 0 Å². The van der Waals surface area contributed by atoms with E-state index in [1.807, 2.05) is 0 Å². The number of hydrogen-bond donors (Lipinski definition) is 2. The second kappa shape index (κ2) is 6.93. The molecule has 2 aliphatic rings. The van der Waals surface area contributed by atoms with Gasteiger partial charge in [-0.05, 0) is 38.6 Å². The standard InChI is InChI=1S/C15H25N3O/c1-3-7-16-15(19)11-18(8-4-2)14-9-12-5-6-13(10-14)17-12/h1,12-14,17H,4-11H2,2H3,(H,16,19). The first kappa shape index (κ1) is 14.4. The molecule has 0 aromatic carbocycles. The summed E-state index contributed by atoms with van der Waals surface area (Å²) in [6, 6.07) is 1.88. The van der Waals surface area contributed by atoms with Gasteiger partial charge >= 0.3 is 0 Å².